The van der Waals surface area contributed by atoms with Crippen molar-refractivity contribution in [2.45, 2.75) is 19.8 Å². The molecule has 6 nitrogen and oxygen atoms in total. The quantitative estimate of drug-likeness (QED) is 0.853. The molecule has 0 fully saturated rings. The van der Waals surface area contributed by atoms with Gasteiger partial charge in [0.05, 0.1) is 38.4 Å². The monoisotopic (exact) mass is 331 g/mol. The summed E-state index contributed by atoms with van der Waals surface area (Å²) in [5.41, 5.74) is 2.66. The normalized spacial score (nSPS) is 15.0. The molecular weight excluding hydrogens is 310 g/mol. The number of carbonyl (C=O) groups excluding carboxylic acids is 2. The molecule has 0 bridgehead atoms. The van der Waals surface area contributed by atoms with Crippen LogP contribution in [0.5, 0.6) is 5.75 Å². The average molecular weight is 331 g/mol. The van der Waals surface area contributed by atoms with Gasteiger partial charge in [-0.3, -0.25) is 0 Å². The zero-order chi connectivity index (χ0) is 17.9. The van der Waals surface area contributed by atoms with Gasteiger partial charge in [-0.1, -0.05) is 18.2 Å². The molecule has 0 radical (unpaired) electrons. The number of allylic oxidation sites excluding steroid dienone is 2. The number of benzene rings is 1. The zero-order valence-corrected chi connectivity index (χ0v) is 14.4. The lowest BCUT2D eigenvalue weighted by Gasteiger charge is -2.30. The van der Waals surface area contributed by atoms with Gasteiger partial charge in [-0.2, -0.15) is 0 Å². The molecule has 0 unspecified atom stereocenters. The van der Waals surface area contributed by atoms with Crippen molar-refractivity contribution in [2.75, 3.05) is 21.3 Å². The van der Waals surface area contributed by atoms with Crippen LogP contribution in [0, 0.1) is 0 Å². The van der Waals surface area contributed by atoms with Crippen molar-refractivity contribution < 1.29 is 23.8 Å². The minimum absolute atomic E-state index is 0.355. The highest BCUT2D eigenvalue weighted by Crippen LogP contribution is 2.42. The van der Waals surface area contributed by atoms with E-state index in [2.05, 4.69) is 5.32 Å². The predicted octanol–water partition coefficient (Wildman–Crippen LogP) is 2.28. The maximum atomic E-state index is 12.4. The van der Waals surface area contributed by atoms with Gasteiger partial charge in [-0.25, -0.2) is 9.59 Å². The molecule has 0 saturated heterocycles. The summed E-state index contributed by atoms with van der Waals surface area (Å²) >= 11 is 0. The van der Waals surface area contributed by atoms with Crippen molar-refractivity contribution in [2.24, 2.45) is 0 Å². The topological polar surface area (TPSA) is 73.9 Å². The minimum Gasteiger partial charge on any atom is -0.496 e. The number of nitrogens with one attached hydrogen (secondary N) is 1. The maximum Gasteiger partial charge on any atom is 0.336 e. The van der Waals surface area contributed by atoms with Crippen molar-refractivity contribution in [3.8, 4) is 5.75 Å². The van der Waals surface area contributed by atoms with Crippen LogP contribution in [-0.4, -0.2) is 33.3 Å². The van der Waals surface area contributed by atoms with E-state index in [-0.39, 0.29) is 0 Å². The van der Waals surface area contributed by atoms with E-state index in [9.17, 15) is 9.59 Å². The lowest BCUT2D eigenvalue weighted by atomic mass is 9.80. The molecule has 1 aliphatic heterocycles. The first kappa shape index (κ1) is 17.6. The van der Waals surface area contributed by atoms with Gasteiger partial charge in [0.2, 0.25) is 0 Å². The van der Waals surface area contributed by atoms with Gasteiger partial charge in [0.25, 0.3) is 0 Å². The summed E-state index contributed by atoms with van der Waals surface area (Å²) in [5, 5.41) is 3.06. The molecule has 6 heteroatoms. The molecule has 1 aromatic rings. The minimum atomic E-state index is -0.637. The van der Waals surface area contributed by atoms with Crippen LogP contribution in [0.3, 0.4) is 0 Å². The van der Waals surface area contributed by atoms with Gasteiger partial charge in [0.15, 0.2) is 0 Å². The number of esters is 2. The summed E-state index contributed by atoms with van der Waals surface area (Å²) in [7, 11) is 4.17. The summed E-state index contributed by atoms with van der Waals surface area (Å²) < 4.78 is 15.3. The first-order valence-corrected chi connectivity index (χ1v) is 7.44. The van der Waals surface area contributed by atoms with Gasteiger partial charge in [0.1, 0.15) is 5.75 Å². The number of dihydropyridines is 1. The Kier molecular flexibility index (Phi) is 5.28. The second kappa shape index (κ2) is 7.21. The Balaban J connectivity index is 2.75. The molecule has 0 aromatic heterocycles. The molecule has 1 aliphatic rings. The molecule has 1 aromatic carbocycles. The molecule has 0 atom stereocenters. The Labute approximate surface area is 141 Å². The Hall–Kier alpha value is -2.76. The number of carbonyl (C=O) groups is 2. The Bertz CT molecular complexity index is 695. The fraction of sp³-hybridized carbons (Fsp3) is 0.333. The van der Waals surface area contributed by atoms with Crippen LogP contribution in [0.25, 0.3) is 0 Å². The largest absolute Gasteiger partial charge is 0.496 e. The van der Waals surface area contributed by atoms with Crippen LogP contribution in [0.2, 0.25) is 0 Å². The van der Waals surface area contributed by atoms with E-state index >= 15 is 0 Å². The van der Waals surface area contributed by atoms with Crippen LogP contribution in [0.1, 0.15) is 25.3 Å². The molecule has 0 saturated carbocycles. The van der Waals surface area contributed by atoms with Crippen molar-refractivity contribution in [1.29, 1.82) is 0 Å². The van der Waals surface area contributed by atoms with E-state index in [1.54, 1.807) is 27.0 Å². The number of hydrogen-bond acceptors (Lipinski definition) is 6. The van der Waals surface area contributed by atoms with Crippen LogP contribution in [0.15, 0.2) is 46.8 Å². The molecule has 1 N–H and O–H groups in total. The van der Waals surface area contributed by atoms with Crippen molar-refractivity contribution >= 4 is 11.9 Å². The smallest absolute Gasteiger partial charge is 0.336 e. The number of para-hydroxylation sites is 1. The third-order valence-corrected chi connectivity index (χ3v) is 4.02. The molecule has 2 rings (SSSR count). The standard InChI is InChI=1S/C18H21NO5/c1-10-14(17(20)23-4)16(12-8-6-7-9-13(12)22-3)15(11(2)19-10)18(21)24-5/h6-9,16,19H,1-5H3. The van der Waals surface area contributed by atoms with Gasteiger partial charge in [-0.15, -0.1) is 0 Å². The Morgan fingerprint density at radius 3 is 1.88 bits per heavy atom. The van der Waals surface area contributed by atoms with Crippen LogP contribution in [0.4, 0.5) is 0 Å². The van der Waals surface area contributed by atoms with E-state index in [0.717, 1.165) is 0 Å². The van der Waals surface area contributed by atoms with Crippen LogP contribution in [-0.2, 0) is 19.1 Å². The number of methoxy groups -OCH3 is 3. The van der Waals surface area contributed by atoms with Gasteiger partial charge in [0, 0.05) is 17.0 Å². The van der Waals surface area contributed by atoms with E-state index < -0.39 is 17.9 Å². The Morgan fingerprint density at radius 1 is 0.917 bits per heavy atom. The van der Waals surface area contributed by atoms with E-state index in [4.69, 9.17) is 14.2 Å². The average Bonchev–Trinajstić information content (AvgIpc) is 2.59. The van der Waals surface area contributed by atoms with Crippen molar-refractivity contribution in [1.82, 2.24) is 5.32 Å². The molecule has 0 amide bonds. The highest BCUT2D eigenvalue weighted by atomic mass is 16.5. The lowest BCUT2D eigenvalue weighted by molar-refractivity contribution is -0.137. The van der Waals surface area contributed by atoms with Crippen molar-refractivity contribution in [3.63, 3.8) is 0 Å². The first-order chi connectivity index (χ1) is 11.5. The zero-order valence-electron chi connectivity index (χ0n) is 14.4. The van der Waals surface area contributed by atoms with E-state index in [0.29, 0.717) is 33.9 Å². The van der Waals surface area contributed by atoms with Crippen LogP contribution >= 0.6 is 0 Å². The fourth-order valence-electron chi connectivity index (χ4n) is 2.97. The third-order valence-electron chi connectivity index (χ3n) is 4.02. The summed E-state index contributed by atoms with van der Waals surface area (Å²) in [6.45, 7) is 3.54. The molecule has 1 heterocycles. The fourth-order valence-corrected chi connectivity index (χ4v) is 2.97. The highest BCUT2D eigenvalue weighted by Gasteiger charge is 2.38. The summed E-state index contributed by atoms with van der Waals surface area (Å²) in [6, 6.07) is 7.26. The van der Waals surface area contributed by atoms with Crippen LogP contribution < -0.4 is 10.1 Å². The second-order valence-electron chi connectivity index (χ2n) is 5.36. The number of rotatable bonds is 4. The summed E-state index contributed by atoms with van der Waals surface area (Å²) in [4.78, 5) is 24.8. The number of hydrogen-bond donors (Lipinski definition) is 1. The molecule has 0 aliphatic carbocycles. The van der Waals surface area contributed by atoms with Gasteiger partial charge in [-0.05, 0) is 19.9 Å². The summed E-state index contributed by atoms with van der Waals surface area (Å²) in [6.07, 6.45) is 0. The SMILES string of the molecule is COC(=O)C1=C(C)NC(C)=C(C(=O)OC)C1c1ccccc1OC. The molecular formula is C18H21NO5. The van der Waals surface area contributed by atoms with E-state index in [1.807, 2.05) is 18.2 Å². The van der Waals surface area contributed by atoms with Gasteiger partial charge < -0.3 is 19.5 Å². The van der Waals surface area contributed by atoms with Crippen molar-refractivity contribution in [3.05, 3.63) is 52.4 Å². The van der Waals surface area contributed by atoms with Gasteiger partial charge >= 0.3 is 11.9 Å². The highest BCUT2D eigenvalue weighted by molar-refractivity contribution is 6.00. The lowest BCUT2D eigenvalue weighted by Crippen LogP contribution is -2.32. The molecule has 128 valence electrons. The first-order valence-electron chi connectivity index (χ1n) is 7.44. The second-order valence-corrected chi connectivity index (χ2v) is 5.36. The van der Waals surface area contributed by atoms with E-state index in [1.165, 1.54) is 14.2 Å². The molecule has 0 spiro atoms. The maximum absolute atomic E-state index is 12.4. The predicted molar refractivity (Wildman–Crippen MR) is 88.3 cm³/mol. The number of ether oxygens (including phenoxy) is 3. The summed E-state index contributed by atoms with van der Waals surface area (Å²) in [5.74, 6) is -1.08. The molecule has 24 heavy (non-hydrogen) atoms. The Morgan fingerprint density at radius 2 is 1.42 bits per heavy atom. The third kappa shape index (κ3) is 2.99.